The van der Waals surface area contributed by atoms with E-state index in [0.717, 1.165) is 17.0 Å². The number of nitrogens with two attached hydrogens (primary N) is 1. The zero-order valence-electron chi connectivity index (χ0n) is 15.4. The Bertz CT molecular complexity index is 954. The molecule has 0 amide bonds. The van der Waals surface area contributed by atoms with E-state index in [1.165, 1.54) is 23.5 Å². The van der Waals surface area contributed by atoms with Crippen molar-refractivity contribution in [2.75, 3.05) is 12.3 Å². The molecule has 0 atom stereocenters. The maximum absolute atomic E-state index is 11.7. The van der Waals surface area contributed by atoms with Crippen LogP contribution in [0.4, 0.5) is 5.82 Å². The SMILES string of the molecule is CCOC(=O)c1cnc(SCc2nc(-c3ccc(C)cc3)oc2C)nc1N. The molecule has 7 nitrogen and oxygen atoms in total. The number of esters is 1. The molecule has 27 heavy (non-hydrogen) atoms. The lowest BCUT2D eigenvalue weighted by Gasteiger charge is -2.05. The van der Waals surface area contributed by atoms with Gasteiger partial charge in [0, 0.05) is 17.5 Å². The van der Waals surface area contributed by atoms with Crippen molar-refractivity contribution >= 4 is 23.5 Å². The van der Waals surface area contributed by atoms with Crippen LogP contribution in [0, 0.1) is 13.8 Å². The Balaban J connectivity index is 1.71. The fraction of sp³-hybridized carbons (Fsp3) is 0.263. The summed E-state index contributed by atoms with van der Waals surface area (Å²) in [5, 5.41) is 0.458. The van der Waals surface area contributed by atoms with Crippen LogP contribution in [0.5, 0.6) is 0 Å². The summed E-state index contributed by atoms with van der Waals surface area (Å²) in [4.78, 5) is 24.7. The quantitative estimate of drug-likeness (QED) is 0.389. The molecule has 2 N–H and O–H groups in total. The van der Waals surface area contributed by atoms with Crippen molar-refractivity contribution in [2.45, 2.75) is 31.7 Å². The zero-order valence-corrected chi connectivity index (χ0v) is 16.2. The van der Waals surface area contributed by atoms with Crippen LogP contribution in [0.25, 0.3) is 11.5 Å². The first-order chi connectivity index (χ1) is 13.0. The van der Waals surface area contributed by atoms with Crippen LogP contribution in [-0.2, 0) is 10.5 Å². The summed E-state index contributed by atoms with van der Waals surface area (Å²) in [5.41, 5.74) is 8.93. The monoisotopic (exact) mass is 384 g/mol. The summed E-state index contributed by atoms with van der Waals surface area (Å²) in [5.74, 6) is 1.43. The van der Waals surface area contributed by atoms with Gasteiger partial charge in [0.2, 0.25) is 5.89 Å². The lowest BCUT2D eigenvalue weighted by molar-refractivity contribution is 0.0526. The topological polar surface area (TPSA) is 104 Å². The lowest BCUT2D eigenvalue weighted by atomic mass is 10.1. The van der Waals surface area contributed by atoms with E-state index in [4.69, 9.17) is 14.9 Å². The van der Waals surface area contributed by atoms with Gasteiger partial charge >= 0.3 is 5.97 Å². The Morgan fingerprint density at radius 2 is 1.96 bits per heavy atom. The summed E-state index contributed by atoms with van der Waals surface area (Å²) < 4.78 is 10.7. The van der Waals surface area contributed by atoms with E-state index >= 15 is 0 Å². The normalized spacial score (nSPS) is 10.8. The first kappa shape index (κ1) is 18.9. The number of nitrogens with zero attached hydrogens (tertiary/aromatic N) is 3. The van der Waals surface area contributed by atoms with E-state index in [9.17, 15) is 4.79 Å². The molecule has 0 saturated heterocycles. The molecule has 0 radical (unpaired) electrons. The van der Waals surface area contributed by atoms with Crippen LogP contribution in [0.2, 0.25) is 0 Å². The van der Waals surface area contributed by atoms with Gasteiger partial charge in [0.25, 0.3) is 0 Å². The minimum absolute atomic E-state index is 0.100. The van der Waals surface area contributed by atoms with Gasteiger partial charge in [-0.25, -0.2) is 19.7 Å². The van der Waals surface area contributed by atoms with E-state index in [1.807, 2.05) is 38.1 Å². The van der Waals surface area contributed by atoms with E-state index < -0.39 is 5.97 Å². The van der Waals surface area contributed by atoms with Crippen molar-refractivity contribution in [3.63, 3.8) is 0 Å². The Morgan fingerprint density at radius 3 is 2.63 bits per heavy atom. The minimum atomic E-state index is -0.526. The van der Waals surface area contributed by atoms with Crippen LogP contribution in [0.15, 0.2) is 40.0 Å². The zero-order chi connectivity index (χ0) is 19.4. The summed E-state index contributed by atoms with van der Waals surface area (Å²) in [6.07, 6.45) is 1.38. The molecule has 140 valence electrons. The molecule has 1 aromatic carbocycles. The van der Waals surface area contributed by atoms with Gasteiger partial charge in [-0.1, -0.05) is 29.5 Å². The van der Waals surface area contributed by atoms with E-state index in [1.54, 1.807) is 6.92 Å². The predicted octanol–water partition coefficient (Wildman–Crippen LogP) is 3.80. The van der Waals surface area contributed by atoms with Crippen LogP contribution in [-0.4, -0.2) is 27.5 Å². The number of hydrogen-bond donors (Lipinski definition) is 1. The fourth-order valence-electron chi connectivity index (χ4n) is 2.33. The molecule has 0 spiro atoms. The summed E-state index contributed by atoms with van der Waals surface area (Å²) in [6, 6.07) is 8.00. The maximum atomic E-state index is 11.7. The third kappa shape index (κ3) is 4.46. The second kappa shape index (κ2) is 8.22. The Morgan fingerprint density at radius 1 is 1.22 bits per heavy atom. The standard InChI is InChI=1S/C19H20N4O3S/c1-4-25-18(24)14-9-21-19(23-16(14)20)27-10-15-12(3)26-17(22-15)13-7-5-11(2)6-8-13/h5-9H,4,10H2,1-3H3,(H2,20,21,23). The smallest absolute Gasteiger partial charge is 0.343 e. The van der Waals surface area contributed by atoms with Crippen molar-refractivity contribution in [1.82, 2.24) is 15.0 Å². The highest BCUT2D eigenvalue weighted by Crippen LogP contribution is 2.27. The highest BCUT2D eigenvalue weighted by atomic mass is 32.2. The molecule has 0 aliphatic carbocycles. The summed E-state index contributed by atoms with van der Waals surface area (Å²) in [7, 11) is 0. The van der Waals surface area contributed by atoms with Crippen molar-refractivity contribution in [1.29, 1.82) is 0 Å². The first-order valence-corrected chi connectivity index (χ1v) is 9.42. The lowest BCUT2D eigenvalue weighted by Crippen LogP contribution is -2.10. The largest absolute Gasteiger partial charge is 0.462 e. The van der Waals surface area contributed by atoms with Crippen LogP contribution in [0.1, 0.15) is 34.3 Å². The van der Waals surface area contributed by atoms with Gasteiger partial charge in [0.15, 0.2) is 5.16 Å². The number of thioether (sulfide) groups is 1. The van der Waals surface area contributed by atoms with E-state index in [-0.39, 0.29) is 18.0 Å². The molecule has 3 rings (SSSR count). The second-order valence-electron chi connectivity index (χ2n) is 5.85. The third-order valence-electron chi connectivity index (χ3n) is 3.82. The van der Waals surface area contributed by atoms with Gasteiger partial charge in [0.05, 0.1) is 12.3 Å². The number of anilines is 1. The molecule has 2 heterocycles. The molecule has 0 aliphatic rings. The Hall–Kier alpha value is -2.87. The average molecular weight is 384 g/mol. The highest BCUT2D eigenvalue weighted by molar-refractivity contribution is 7.98. The van der Waals surface area contributed by atoms with Gasteiger partial charge in [-0.2, -0.15) is 0 Å². The second-order valence-corrected chi connectivity index (χ2v) is 6.79. The van der Waals surface area contributed by atoms with Gasteiger partial charge in [-0.15, -0.1) is 0 Å². The van der Waals surface area contributed by atoms with Gasteiger partial charge in [-0.3, -0.25) is 0 Å². The first-order valence-electron chi connectivity index (χ1n) is 8.43. The van der Waals surface area contributed by atoms with E-state index in [2.05, 4.69) is 15.0 Å². The molecule has 0 saturated carbocycles. The molecule has 0 bridgehead atoms. The van der Waals surface area contributed by atoms with Crippen LogP contribution < -0.4 is 5.73 Å². The number of benzene rings is 1. The number of aromatic nitrogens is 3. The number of hydrogen-bond acceptors (Lipinski definition) is 8. The molecular formula is C19H20N4O3S. The molecule has 0 unspecified atom stereocenters. The summed E-state index contributed by atoms with van der Waals surface area (Å²) in [6.45, 7) is 5.90. The minimum Gasteiger partial charge on any atom is -0.462 e. The van der Waals surface area contributed by atoms with Gasteiger partial charge < -0.3 is 14.9 Å². The number of oxazole rings is 1. The number of carbonyl (C=O) groups is 1. The van der Waals surface area contributed by atoms with E-state index in [0.29, 0.717) is 16.8 Å². The molecule has 2 aromatic heterocycles. The summed E-state index contributed by atoms with van der Waals surface area (Å²) >= 11 is 1.37. The third-order valence-corrected chi connectivity index (χ3v) is 4.69. The highest BCUT2D eigenvalue weighted by Gasteiger charge is 2.16. The number of aryl methyl sites for hydroxylation is 2. The van der Waals surface area contributed by atoms with Crippen molar-refractivity contribution < 1.29 is 13.9 Å². The molecular weight excluding hydrogens is 364 g/mol. The predicted molar refractivity (Wildman–Crippen MR) is 103 cm³/mol. The Labute approximate surface area is 161 Å². The van der Waals surface area contributed by atoms with Crippen molar-refractivity contribution in [2.24, 2.45) is 0 Å². The number of carbonyl (C=O) groups excluding carboxylic acids is 1. The number of ether oxygens (including phenoxy) is 1. The number of nitrogen functional groups attached to an aromatic ring is 1. The van der Waals surface area contributed by atoms with Gasteiger partial charge in [-0.05, 0) is 32.9 Å². The molecule has 8 heteroatoms. The molecule has 0 aliphatic heterocycles. The molecule has 3 aromatic rings. The van der Waals surface area contributed by atoms with Crippen molar-refractivity contribution in [3.05, 3.63) is 53.0 Å². The van der Waals surface area contributed by atoms with Crippen LogP contribution >= 0.6 is 11.8 Å². The fourth-order valence-corrected chi connectivity index (χ4v) is 3.15. The number of rotatable bonds is 6. The van der Waals surface area contributed by atoms with Crippen molar-refractivity contribution in [3.8, 4) is 11.5 Å². The van der Waals surface area contributed by atoms with Gasteiger partial charge in [0.1, 0.15) is 17.1 Å². The molecule has 0 fully saturated rings. The maximum Gasteiger partial charge on any atom is 0.343 e. The average Bonchev–Trinajstić information content (AvgIpc) is 3.01. The Kier molecular flexibility index (Phi) is 5.75. The van der Waals surface area contributed by atoms with Crippen LogP contribution in [0.3, 0.4) is 0 Å².